The lowest BCUT2D eigenvalue weighted by molar-refractivity contribution is -0.136. The number of hydrogen-bond acceptors (Lipinski definition) is 5. The highest BCUT2D eigenvalue weighted by Gasteiger charge is 2.23. The average Bonchev–Trinajstić information content (AvgIpc) is 3.31. The summed E-state index contributed by atoms with van der Waals surface area (Å²) in [5.41, 5.74) is 2.70. The van der Waals surface area contributed by atoms with Crippen LogP contribution in [0.3, 0.4) is 0 Å². The van der Waals surface area contributed by atoms with Gasteiger partial charge in [-0.05, 0) is 43.9 Å². The molecule has 0 atom stereocenters. The molecule has 0 aliphatic heterocycles. The van der Waals surface area contributed by atoms with Crippen LogP contribution in [0.1, 0.15) is 25.7 Å². The number of imidazole rings is 1. The number of nitrogens with zero attached hydrogens (tertiary/aromatic N) is 4. The molecule has 1 aromatic carbocycles. The largest absolute Gasteiger partial charge is 0.382 e. The molecule has 0 unspecified atom stereocenters. The van der Waals surface area contributed by atoms with E-state index in [1.807, 2.05) is 22.9 Å². The summed E-state index contributed by atoms with van der Waals surface area (Å²) in [6.45, 7) is 0.131. The van der Waals surface area contributed by atoms with Crippen LogP contribution >= 0.6 is 0 Å². The number of rotatable bonds is 6. The zero-order valence-corrected chi connectivity index (χ0v) is 18.2. The van der Waals surface area contributed by atoms with Crippen molar-refractivity contribution in [2.45, 2.75) is 37.8 Å². The van der Waals surface area contributed by atoms with Gasteiger partial charge < -0.3 is 24.1 Å². The molecule has 1 amide bonds. The maximum Gasteiger partial charge on any atom is 0.252 e. The van der Waals surface area contributed by atoms with E-state index in [0.717, 1.165) is 48.0 Å². The van der Waals surface area contributed by atoms with Gasteiger partial charge in [-0.25, -0.2) is 4.98 Å². The van der Waals surface area contributed by atoms with Crippen LogP contribution in [-0.2, 0) is 16.6 Å². The van der Waals surface area contributed by atoms with Crippen LogP contribution in [0.4, 0.5) is 5.69 Å². The van der Waals surface area contributed by atoms with E-state index in [1.165, 1.54) is 0 Å². The summed E-state index contributed by atoms with van der Waals surface area (Å²) in [6, 6.07) is 7.99. The number of carbonyl (C=O) groups is 1. The zero-order chi connectivity index (χ0) is 22.0. The van der Waals surface area contributed by atoms with E-state index in [2.05, 4.69) is 16.4 Å². The molecule has 0 saturated heterocycles. The Morgan fingerprint density at radius 1 is 1.23 bits per heavy atom. The summed E-state index contributed by atoms with van der Waals surface area (Å²) in [4.78, 5) is 29.9. The fourth-order valence-corrected chi connectivity index (χ4v) is 4.05. The zero-order valence-electron chi connectivity index (χ0n) is 18.2. The fourth-order valence-electron chi connectivity index (χ4n) is 4.05. The van der Waals surface area contributed by atoms with E-state index in [1.54, 1.807) is 49.2 Å². The van der Waals surface area contributed by atoms with E-state index < -0.39 is 0 Å². The number of fused-ring (bicyclic) bond motifs is 1. The number of benzene rings is 1. The van der Waals surface area contributed by atoms with Crippen molar-refractivity contribution in [1.29, 1.82) is 0 Å². The smallest absolute Gasteiger partial charge is 0.252 e. The molecule has 31 heavy (non-hydrogen) atoms. The van der Waals surface area contributed by atoms with Gasteiger partial charge in [-0.15, -0.1) is 0 Å². The van der Waals surface area contributed by atoms with Gasteiger partial charge in [-0.1, -0.05) is 0 Å². The van der Waals surface area contributed by atoms with Crippen LogP contribution in [0.25, 0.3) is 16.6 Å². The summed E-state index contributed by atoms with van der Waals surface area (Å²) < 4.78 is 9.41. The van der Waals surface area contributed by atoms with Gasteiger partial charge in [0.2, 0.25) is 5.91 Å². The molecule has 2 aromatic heterocycles. The first kappa shape index (κ1) is 21.1. The Kier molecular flexibility index (Phi) is 6.08. The monoisotopic (exact) mass is 423 g/mol. The highest BCUT2D eigenvalue weighted by molar-refractivity contribution is 5.93. The molecule has 0 bridgehead atoms. The summed E-state index contributed by atoms with van der Waals surface area (Å²) in [6.07, 6.45) is 9.16. The molecule has 1 saturated carbocycles. The van der Waals surface area contributed by atoms with Crippen molar-refractivity contribution in [2.75, 3.05) is 26.0 Å². The first-order valence-electron chi connectivity index (χ1n) is 10.6. The van der Waals surface area contributed by atoms with Crippen LogP contribution in [0.15, 0.2) is 47.8 Å². The third kappa shape index (κ3) is 4.64. The van der Waals surface area contributed by atoms with Crippen molar-refractivity contribution in [1.82, 2.24) is 19.0 Å². The molecule has 1 aliphatic carbocycles. The Labute approximate surface area is 181 Å². The minimum atomic E-state index is -0.0374. The van der Waals surface area contributed by atoms with Crippen molar-refractivity contribution >= 4 is 22.5 Å². The molecule has 4 rings (SSSR count). The highest BCUT2D eigenvalue weighted by Crippen LogP contribution is 2.29. The Hall–Kier alpha value is -3.13. The lowest BCUT2D eigenvalue weighted by Gasteiger charge is -2.30. The summed E-state index contributed by atoms with van der Waals surface area (Å²) >= 11 is 0. The third-order valence-electron chi connectivity index (χ3n) is 6.01. The van der Waals surface area contributed by atoms with Crippen molar-refractivity contribution in [3.8, 4) is 5.69 Å². The summed E-state index contributed by atoms with van der Waals surface area (Å²) in [5, 5.41) is 4.60. The van der Waals surface area contributed by atoms with Crippen molar-refractivity contribution in [3.63, 3.8) is 0 Å². The van der Waals surface area contributed by atoms with Gasteiger partial charge in [0.05, 0.1) is 17.9 Å². The van der Waals surface area contributed by atoms with Gasteiger partial charge >= 0.3 is 0 Å². The molecule has 1 N–H and O–H groups in total. The van der Waals surface area contributed by atoms with Crippen molar-refractivity contribution < 1.29 is 9.53 Å². The molecule has 164 valence electrons. The number of likely N-dealkylation sites (N-methyl/N-ethyl adjacent to an activating group) is 1. The van der Waals surface area contributed by atoms with Crippen molar-refractivity contribution in [3.05, 3.63) is 53.3 Å². The van der Waals surface area contributed by atoms with E-state index in [4.69, 9.17) is 4.74 Å². The molecule has 1 aliphatic rings. The van der Waals surface area contributed by atoms with E-state index in [-0.39, 0.29) is 30.2 Å². The lowest BCUT2D eigenvalue weighted by Crippen LogP contribution is -2.33. The maximum absolute atomic E-state index is 12.5. The van der Waals surface area contributed by atoms with Gasteiger partial charge in [0.25, 0.3) is 5.56 Å². The number of ether oxygens (including phenoxy) is 1. The normalized spacial score (nSPS) is 18.8. The second kappa shape index (κ2) is 8.93. The number of pyridine rings is 1. The molecule has 3 aromatic rings. The Balaban J connectivity index is 1.49. The van der Waals surface area contributed by atoms with Crippen LogP contribution in [-0.4, -0.2) is 57.8 Å². The molecular formula is C23H29N5O3. The average molecular weight is 424 g/mol. The number of hydrogen-bond donors (Lipinski definition) is 1. The number of amides is 1. The highest BCUT2D eigenvalue weighted by atomic mass is 16.5. The molecule has 8 heteroatoms. The Morgan fingerprint density at radius 2 is 2.00 bits per heavy atom. The van der Waals surface area contributed by atoms with Crippen LogP contribution < -0.4 is 10.9 Å². The second-order valence-electron chi connectivity index (χ2n) is 8.34. The second-order valence-corrected chi connectivity index (χ2v) is 8.34. The molecule has 8 nitrogen and oxygen atoms in total. The number of nitrogens with one attached hydrogen (secondary N) is 1. The third-order valence-corrected chi connectivity index (χ3v) is 6.01. The molecule has 2 heterocycles. The standard InChI is InChI=1S/C23H29N5O3/c1-26(2)23(30)14-31-18-7-4-16(5-8-18)25-20-13-22(29)27(3)21-9-6-17(12-19(20)21)28-11-10-24-15-28/h6,9-13,15-16,18,25H,4-5,7-8,14H2,1-3H3/t16-,18-. The number of aryl methyl sites for hydroxylation is 1. The van der Waals surface area contributed by atoms with Gasteiger partial charge in [0.1, 0.15) is 6.61 Å². The minimum Gasteiger partial charge on any atom is -0.382 e. The van der Waals surface area contributed by atoms with Crippen molar-refractivity contribution in [2.24, 2.45) is 7.05 Å². The summed E-state index contributed by atoms with van der Waals surface area (Å²) in [5.74, 6) is -0.0134. The van der Waals surface area contributed by atoms with E-state index in [9.17, 15) is 9.59 Å². The lowest BCUT2D eigenvalue weighted by atomic mass is 9.92. The Bertz CT molecular complexity index is 1110. The maximum atomic E-state index is 12.5. The minimum absolute atomic E-state index is 0.0134. The number of anilines is 1. The van der Waals surface area contributed by atoms with Crippen LogP contribution in [0.2, 0.25) is 0 Å². The molecular weight excluding hydrogens is 394 g/mol. The molecule has 0 radical (unpaired) electrons. The van der Waals surface area contributed by atoms with Crippen LogP contribution in [0.5, 0.6) is 0 Å². The van der Waals surface area contributed by atoms with Gasteiger partial charge in [-0.2, -0.15) is 0 Å². The van der Waals surface area contributed by atoms with E-state index >= 15 is 0 Å². The predicted octanol–water partition coefficient (Wildman–Crippen LogP) is 2.55. The fraction of sp³-hybridized carbons (Fsp3) is 0.435. The van der Waals surface area contributed by atoms with E-state index in [0.29, 0.717) is 0 Å². The van der Waals surface area contributed by atoms with Gasteiger partial charge in [0.15, 0.2) is 0 Å². The molecule has 1 fully saturated rings. The summed E-state index contributed by atoms with van der Waals surface area (Å²) in [7, 11) is 5.27. The molecule has 0 spiro atoms. The first-order chi connectivity index (χ1) is 14.9. The van der Waals surface area contributed by atoms with Gasteiger partial charge in [-0.3, -0.25) is 9.59 Å². The first-order valence-corrected chi connectivity index (χ1v) is 10.6. The number of carbonyl (C=O) groups excluding carboxylic acids is 1. The topological polar surface area (TPSA) is 81.4 Å². The van der Waals surface area contributed by atoms with Gasteiger partial charge in [0, 0.05) is 62.4 Å². The van der Waals surface area contributed by atoms with Crippen LogP contribution in [0, 0.1) is 0 Å². The number of aromatic nitrogens is 3. The Morgan fingerprint density at radius 3 is 2.68 bits per heavy atom. The quantitative estimate of drug-likeness (QED) is 0.659. The SMILES string of the molecule is CN(C)C(=O)CO[C@H]1CC[C@H](Nc2cc(=O)n(C)c3ccc(-n4ccnc4)cc23)CC1. The predicted molar refractivity (Wildman–Crippen MR) is 121 cm³/mol.